The van der Waals surface area contributed by atoms with Crippen molar-refractivity contribution in [1.82, 2.24) is 25.8 Å². The number of thiazole rings is 1. The molecule has 0 fully saturated rings. The van der Waals surface area contributed by atoms with E-state index in [0.29, 0.717) is 23.5 Å². The van der Waals surface area contributed by atoms with Gasteiger partial charge in [-0.2, -0.15) is 13.2 Å². The van der Waals surface area contributed by atoms with Crippen molar-refractivity contribution in [3.63, 3.8) is 0 Å². The van der Waals surface area contributed by atoms with E-state index in [1.54, 1.807) is 32.2 Å². The van der Waals surface area contributed by atoms with E-state index in [2.05, 4.69) is 31.1 Å². The van der Waals surface area contributed by atoms with Gasteiger partial charge in [0.15, 0.2) is 0 Å². The van der Waals surface area contributed by atoms with Gasteiger partial charge in [-0.3, -0.25) is 20.4 Å². The number of aromatic nitrogens is 3. The molecule has 0 radical (unpaired) electrons. The average Bonchev–Trinajstić information content (AvgIpc) is 3.19. The first-order chi connectivity index (χ1) is 15.5. The SMILES string of the molecule is Cc1cc(Nc2nccc(C(F)(F)F)n2)cc(-c2cnc(CC(C)(C)C(=O)NNC=O)s2)c1. The lowest BCUT2D eigenvalue weighted by atomic mass is 9.89. The molecule has 2 amide bonds. The summed E-state index contributed by atoms with van der Waals surface area (Å²) < 4.78 is 38.8. The van der Waals surface area contributed by atoms with Crippen LogP contribution in [0.4, 0.5) is 24.8 Å². The molecule has 0 bridgehead atoms. The van der Waals surface area contributed by atoms with E-state index in [-0.39, 0.29) is 11.9 Å². The fourth-order valence-electron chi connectivity index (χ4n) is 2.95. The minimum Gasteiger partial charge on any atom is -0.324 e. The molecular formula is C21H21F3N6O2S. The third-order valence-corrected chi connectivity index (χ3v) is 5.62. The van der Waals surface area contributed by atoms with E-state index >= 15 is 0 Å². The normalized spacial score (nSPS) is 11.7. The third kappa shape index (κ3) is 6.25. The highest BCUT2D eigenvalue weighted by Gasteiger charge is 2.33. The Morgan fingerprint density at radius 1 is 1.18 bits per heavy atom. The summed E-state index contributed by atoms with van der Waals surface area (Å²) in [6.45, 7) is 5.33. The number of nitrogens with zero attached hydrogens (tertiary/aromatic N) is 3. The predicted molar refractivity (Wildman–Crippen MR) is 117 cm³/mol. The van der Waals surface area contributed by atoms with Crippen LogP contribution >= 0.6 is 11.3 Å². The summed E-state index contributed by atoms with van der Waals surface area (Å²) in [6.07, 6.45) is -1.11. The van der Waals surface area contributed by atoms with Crippen LogP contribution in [0.1, 0.15) is 30.1 Å². The number of alkyl halides is 3. The second kappa shape index (κ2) is 9.53. The van der Waals surface area contributed by atoms with Crippen LogP contribution in [0.15, 0.2) is 36.7 Å². The zero-order valence-corrected chi connectivity index (χ0v) is 18.8. The van der Waals surface area contributed by atoms with Crippen molar-refractivity contribution in [3.05, 3.63) is 52.9 Å². The van der Waals surface area contributed by atoms with Crippen LogP contribution in [0.5, 0.6) is 0 Å². The second-order valence-electron chi connectivity index (χ2n) is 7.87. The lowest BCUT2D eigenvalue weighted by molar-refractivity contribution is -0.141. The van der Waals surface area contributed by atoms with Gasteiger partial charge in [0.25, 0.3) is 0 Å². The van der Waals surface area contributed by atoms with Gasteiger partial charge in [0.1, 0.15) is 5.69 Å². The molecule has 8 nitrogen and oxygen atoms in total. The highest BCUT2D eigenvalue weighted by atomic mass is 32.1. The Kier molecular flexibility index (Phi) is 6.96. The van der Waals surface area contributed by atoms with Crippen LogP contribution in [0, 0.1) is 12.3 Å². The van der Waals surface area contributed by atoms with Crippen LogP contribution in [-0.2, 0) is 22.2 Å². The van der Waals surface area contributed by atoms with Gasteiger partial charge in [0.2, 0.25) is 18.3 Å². The molecule has 2 aromatic heterocycles. The van der Waals surface area contributed by atoms with Crippen LogP contribution in [0.3, 0.4) is 0 Å². The summed E-state index contributed by atoms with van der Waals surface area (Å²) in [6, 6.07) is 6.26. The molecule has 174 valence electrons. The van der Waals surface area contributed by atoms with E-state index in [4.69, 9.17) is 0 Å². The molecule has 33 heavy (non-hydrogen) atoms. The molecule has 0 unspecified atom stereocenters. The van der Waals surface area contributed by atoms with Crippen molar-refractivity contribution >= 4 is 35.3 Å². The summed E-state index contributed by atoms with van der Waals surface area (Å²) >= 11 is 1.39. The van der Waals surface area contributed by atoms with Gasteiger partial charge in [0, 0.05) is 24.5 Å². The van der Waals surface area contributed by atoms with Crippen LogP contribution in [0.25, 0.3) is 10.4 Å². The maximum absolute atomic E-state index is 12.9. The van der Waals surface area contributed by atoms with Gasteiger partial charge in [0.05, 0.1) is 15.3 Å². The molecule has 0 spiro atoms. The highest BCUT2D eigenvalue weighted by molar-refractivity contribution is 7.15. The topological polar surface area (TPSA) is 109 Å². The van der Waals surface area contributed by atoms with Gasteiger partial charge in [-0.15, -0.1) is 11.3 Å². The predicted octanol–water partition coefficient (Wildman–Crippen LogP) is 4.02. The second-order valence-corrected chi connectivity index (χ2v) is 8.99. The Hall–Kier alpha value is -3.54. The first kappa shape index (κ1) is 24.1. The number of nitrogens with one attached hydrogen (secondary N) is 3. The molecule has 0 aliphatic heterocycles. The molecular weight excluding hydrogens is 457 g/mol. The van der Waals surface area contributed by atoms with E-state index in [0.717, 1.165) is 28.3 Å². The fraction of sp³-hybridized carbons (Fsp3) is 0.286. The van der Waals surface area contributed by atoms with Crippen molar-refractivity contribution in [2.75, 3.05) is 5.32 Å². The molecule has 1 aromatic carbocycles. The van der Waals surface area contributed by atoms with Crippen molar-refractivity contribution in [2.45, 2.75) is 33.4 Å². The Balaban J connectivity index is 1.80. The summed E-state index contributed by atoms with van der Waals surface area (Å²) in [4.78, 5) is 35.2. The van der Waals surface area contributed by atoms with Gasteiger partial charge >= 0.3 is 6.18 Å². The number of hydrazine groups is 1. The molecule has 3 rings (SSSR count). The molecule has 3 N–H and O–H groups in total. The Labute approximate surface area is 191 Å². The summed E-state index contributed by atoms with van der Waals surface area (Å²) in [5.41, 5.74) is 4.81. The zero-order valence-electron chi connectivity index (χ0n) is 17.9. The Morgan fingerprint density at radius 3 is 2.64 bits per heavy atom. The number of halogens is 3. The number of hydrogen-bond donors (Lipinski definition) is 3. The fourth-order valence-corrected chi connectivity index (χ4v) is 4.08. The smallest absolute Gasteiger partial charge is 0.324 e. The molecule has 0 aliphatic carbocycles. The first-order valence-electron chi connectivity index (χ1n) is 9.71. The number of anilines is 2. The molecule has 0 saturated heterocycles. The van der Waals surface area contributed by atoms with Crippen LogP contribution < -0.4 is 16.2 Å². The number of carbonyl (C=O) groups is 2. The summed E-state index contributed by atoms with van der Waals surface area (Å²) in [7, 11) is 0. The maximum atomic E-state index is 12.9. The monoisotopic (exact) mass is 478 g/mol. The molecule has 0 atom stereocenters. The van der Waals surface area contributed by atoms with E-state index in [1.807, 2.05) is 13.0 Å². The minimum atomic E-state index is -4.57. The van der Waals surface area contributed by atoms with Gasteiger partial charge in [-0.1, -0.05) is 19.9 Å². The van der Waals surface area contributed by atoms with Crippen LogP contribution in [-0.4, -0.2) is 27.3 Å². The van der Waals surface area contributed by atoms with E-state index < -0.39 is 17.3 Å². The molecule has 2 heterocycles. The number of amides is 2. The Morgan fingerprint density at radius 2 is 1.94 bits per heavy atom. The van der Waals surface area contributed by atoms with Crippen molar-refractivity contribution in [3.8, 4) is 10.4 Å². The quantitative estimate of drug-likeness (QED) is 0.333. The van der Waals surface area contributed by atoms with Crippen molar-refractivity contribution < 1.29 is 22.8 Å². The highest BCUT2D eigenvalue weighted by Crippen LogP contribution is 2.33. The van der Waals surface area contributed by atoms with Gasteiger partial charge < -0.3 is 5.32 Å². The number of benzene rings is 1. The van der Waals surface area contributed by atoms with Gasteiger partial charge in [-0.25, -0.2) is 15.0 Å². The standard InChI is InChI=1S/C21H21F3N6O2S/c1-12-6-13(8-14(7-12)28-19-25-5-4-16(29-19)21(22,23)24)15-10-26-17(33-15)9-20(2,3)18(32)30-27-11-31/h4-8,10-11H,9H2,1-3H3,(H,27,31)(H,30,32)(H,25,28,29). The lowest BCUT2D eigenvalue weighted by Gasteiger charge is -2.21. The summed E-state index contributed by atoms with van der Waals surface area (Å²) in [5, 5.41) is 3.54. The average molecular weight is 479 g/mol. The Bertz CT molecular complexity index is 1160. The maximum Gasteiger partial charge on any atom is 0.433 e. The number of hydrogen-bond acceptors (Lipinski definition) is 7. The zero-order chi connectivity index (χ0) is 24.2. The molecule has 0 aliphatic rings. The van der Waals surface area contributed by atoms with E-state index in [1.165, 1.54) is 11.3 Å². The lowest BCUT2D eigenvalue weighted by Crippen LogP contribution is -2.45. The van der Waals surface area contributed by atoms with Crippen molar-refractivity contribution in [1.29, 1.82) is 0 Å². The van der Waals surface area contributed by atoms with Crippen LogP contribution in [0.2, 0.25) is 0 Å². The number of rotatable bonds is 8. The van der Waals surface area contributed by atoms with Gasteiger partial charge in [-0.05, 0) is 36.2 Å². The van der Waals surface area contributed by atoms with E-state index in [9.17, 15) is 22.8 Å². The minimum absolute atomic E-state index is 0.164. The molecule has 0 saturated carbocycles. The largest absolute Gasteiger partial charge is 0.433 e. The summed E-state index contributed by atoms with van der Waals surface area (Å²) in [5.74, 6) is -0.516. The third-order valence-electron chi connectivity index (χ3n) is 4.57. The molecule has 3 aromatic rings. The number of carbonyl (C=O) groups excluding carboxylic acids is 2. The van der Waals surface area contributed by atoms with Crippen molar-refractivity contribution in [2.24, 2.45) is 5.41 Å². The number of aryl methyl sites for hydroxylation is 1. The first-order valence-corrected chi connectivity index (χ1v) is 10.5. The molecule has 12 heteroatoms.